The lowest BCUT2D eigenvalue weighted by atomic mass is 10.1. The predicted octanol–water partition coefficient (Wildman–Crippen LogP) is 7.58. The molecule has 3 aromatic carbocycles. The Kier molecular flexibility index (Phi) is 8.46. The van der Waals surface area contributed by atoms with E-state index in [1.807, 2.05) is 74.7 Å². The van der Waals surface area contributed by atoms with Crippen LogP contribution in [-0.4, -0.2) is 30.7 Å². The van der Waals surface area contributed by atoms with Crippen LogP contribution in [0.5, 0.6) is 17.2 Å². The number of anilines is 1. The van der Waals surface area contributed by atoms with E-state index < -0.39 is 0 Å². The number of carbonyl (C=O) groups excluding carboxylic acids is 1. The fraction of sp³-hybridized carbons (Fsp3) is 0.214. The van der Waals surface area contributed by atoms with Crippen LogP contribution in [-0.2, 0) is 0 Å². The van der Waals surface area contributed by atoms with E-state index in [-0.39, 0.29) is 5.91 Å². The highest BCUT2D eigenvalue weighted by Crippen LogP contribution is 2.39. The summed E-state index contributed by atoms with van der Waals surface area (Å²) in [6.45, 7) is 6.97. The van der Waals surface area contributed by atoms with Crippen LogP contribution in [0.25, 0.3) is 21.8 Å². The van der Waals surface area contributed by atoms with Crippen LogP contribution in [0.3, 0.4) is 0 Å². The molecule has 0 aliphatic carbocycles. The zero-order valence-corrected chi connectivity index (χ0v) is 21.9. The molecule has 0 bridgehead atoms. The number of ether oxygens (including phenoxy) is 3. The van der Waals surface area contributed by atoms with E-state index in [1.165, 1.54) is 0 Å². The lowest BCUT2D eigenvalue weighted by molar-refractivity contribution is 0.102. The van der Waals surface area contributed by atoms with Crippen LogP contribution in [0.1, 0.15) is 31.1 Å². The van der Waals surface area contributed by atoms with Gasteiger partial charge in [0, 0.05) is 32.8 Å². The van der Waals surface area contributed by atoms with Gasteiger partial charge < -0.3 is 19.5 Å². The molecule has 0 aliphatic rings. The molecule has 0 unspecified atom stereocenters. The molecule has 4 rings (SSSR count). The van der Waals surface area contributed by atoms with Gasteiger partial charge in [-0.05, 0) is 57.2 Å². The Labute approximate surface area is 219 Å². The third kappa shape index (κ3) is 5.98. The first-order chi connectivity index (χ1) is 17.5. The Balaban J connectivity index is 1.57. The van der Waals surface area contributed by atoms with E-state index in [2.05, 4.69) is 5.32 Å². The molecule has 0 atom stereocenters. The number of amides is 1. The molecule has 1 amide bonds. The number of nitrogens with zero attached hydrogens (tertiary/aromatic N) is 1. The molecule has 8 heteroatoms. The summed E-state index contributed by atoms with van der Waals surface area (Å²) in [6.07, 6.45) is 0. The van der Waals surface area contributed by atoms with Gasteiger partial charge in [-0.25, -0.2) is 4.98 Å². The van der Waals surface area contributed by atoms with Gasteiger partial charge in [0.1, 0.15) is 5.01 Å². The Hall–Kier alpha value is -3.55. The van der Waals surface area contributed by atoms with E-state index in [0.717, 1.165) is 21.8 Å². The average molecular weight is 523 g/mol. The lowest BCUT2D eigenvalue weighted by Crippen LogP contribution is -2.13. The van der Waals surface area contributed by atoms with E-state index in [0.29, 0.717) is 53.3 Å². The minimum atomic E-state index is -0.280. The second-order valence-electron chi connectivity index (χ2n) is 7.68. The van der Waals surface area contributed by atoms with Crippen molar-refractivity contribution in [3.05, 3.63) is 76.6 Å². The van der Waals surface area contributed by atoms with Crippen molar-refractivity contribution >= 4 is 34.5 Å². The van der Waals surface area contributed by atoms with Gasteiger partial charge in [-0.2, -0.15) is 0 Å². The molecule has 1 N–H and O–H groups in total. The fourth-order valence-corrected chi connectivity index (χ4v) is 4.57. The summed E-state index contributed by atoms with van der Waals surface area (Å²) in [5, 5.41) is 6.56. The van der Waals surface area contributed by atoms with Crippen LogP contribution in [0, 0.1) is 0 Å². The van der Waals surface area contributed by atoms with Crippen LogP contribution in [0.15, 0.2) is 66.0 Å². The quantitative estimate of drug-likeness (QED) is 0.232. The van der Waals surface area contributed by atoms with Crippen molar-refractivity contribution in [3.63, 3.8) is 0 Å². The van der Waals surface area contributed by atoms with Gasteiger partial charge in [0.25, 0.3) is 5.91 Å². The highest BCUT2D eigenvalue weighted by Gasteiger charge is 2.19. The third-order valence-corrected chi connectivity index (χ3v) is 6.33. The fourth-order valence-electron chi connectivity index (χ4n) is 3.61. The van der Waals surface area contributed by atoms with Crippen molar-refractivity contribution < 1.29 is 19.0 Å². The highest BCUT2D eigenvalue weighted by atomic mass is 35.5. The molecule has 0 spiro atoms. The maximum absolute atomic E-state index is 13.2. The third-order valence-electron chi connectivity index (χ3n) is 5.18. The van der Waals surface area contributed by atoms with Gasteiger partial charge in [-0.3, -0.25) is 4.79 Å². The van der Waals surface area contributed by atoms with Crippen molar-refractivity contribution in [3.8, 4) is 39.1 Å². The first kappa shape index (κ1) is 25.5. The van der Waals surface area contributed by atoms with E-state index in [4.69, 9.17) is 30.8 Å². The maximum atomic E-state index is 13.2. The second kappa shape index (κ2) is 11.9. The van der Waals surface area contributed by atoms with E-state index in [9.17, 15) is 4.79 Å². The zero-order valence-electron chi connectivity index (χ0n) is 20.3. The molecule has 0 radical (unpaired) electrons. The summed E-state index contributed by atoms with van der Waals surface area (Å²) in [5.74, 6) is 1.17. The van der Waals surface area contributed by atoms with Crippen molar-refractivity contribution in [2.24, 2.45) is 0 Å². The monoisotopic (exact) mass is 522 g/mol. The van der Waals surface area contributed by atoms with Crippen molar-refractivity contribution in [2.75, 3.05) is 25.1 Å². The lowest BCUT2D eigenvalue weighted by Gasteiger charge is -2.17. The topological polar surface area (TPSA) is 69.7 Å². The van der Waals surface area contributed by atoms with Crippen LogP contribution in [0.2, 0.25) is 5.02 Å². The summed E-state index contributed by atoms with van der Waals surface area (Å²) in [7, 11) is 0. The number of nitrogens with one attached hydrogen (secondary N) is 1. The molecule has 0 fully saturated rings. The normalized spacial score (nSPS) is 10.7. The molecule has 186 valence electrons. The molecular weight excluding hydrogens is 496 g/mol. The van der Waals surface area contributed by atoms with Gasteiger partial charge in [-0.15, -0.1) is 11.3 Å². The van der Waals surface area contributed by atoms with Gasteiger partial charge in [0.2, 0.25) is 5.75 Å². The second-order valence-corrected chi connectivity index (χ2v) is 8.97. The number of benzene rings is 3. The van der Waals surface area contributed by atoms with Crippen molar-refractivity contribution in [1.29, 1.82) is 0 Å². The number of hydrogen-bond donors (Lipinski definition) is 1. The summed E-state index contributed by atoms with van der Waals surface area (Å²) >= 11 is 7.56. The molecule has 36 heavy (non-hydrogen) atoms. The number of carbonyl (C=O) groups is 1. The largest absolute Gasteiger partial charge is 0.490 e. The van der Waals surface area contributed by atoms with Crippen LogP contribution < -0.4 is 19.5 Å². The summed E-state index contributed by atoms with van der Waals surface area (Å²) in [6, 6.07) is 18.6. The number of rotatable bonds is 10. The van der Waals surface area contributed by atoms with Gasteiger partial charge in [0.15, 0.2) is 11.5 Å². The first-order valence-corrected chi connectivity index (χ1v) is 13.0. The summed E-state index contributed by atoms with van der Waals surface area (Å²) in [4.78, 5) is 17.9. The summed E-state index contributed by atoms with van der Waals surface area (Å²) in [5.41, 5.74) is 3.81. The molecular formula is C28H27ClN2O4S. The van der Waals surface area contributed by atoms with Crippen molar-refractivity contribution in [1.82, 2.24) is 4.98 Å². The SMILES string of the molecule is CCOc1cc(C(=O)Nc2cccc(-c3csc(-c4ccc(Cl)cc4)n3)c2)cc(OCC)c1OCC. The Morgan fingerprint density at radius 2 is 1.56 bits per heavy atom. The highest BCUT2D eigenvalue weighted by molar-refractivity contribution is 7.13. The van der Waals surface area contributed by atoms with Crippen LogP contribution in [0.4, 0.5) is 5.69 Å². The molecule has 0 saturated heterocycles. The number of thiazole rings is 1. The van der Waals surface area contributed by atoms with E-state index in [1.54, 1.807) is 23.5 Å². The molecule has 0 saturated carbocycles. The molecule has 4 aromatic rings. The minimum absolute atomic E-state index is 0.280. The molecule has 0 aliphatic heterocycles. The van der Waals surface area contributed by atoms with Gasteiger partial charge in [0.05, 0.1) is 25.5 Å². The smallest absolute Gasteiger partial charge is 0.255 e. The average Bonchev–Trinajstić information content (AvgIpc) is 3.37. The minimum Gasteiger partial charge on any atom is -0.490 e. The molecule has 1 aromatic heterocycles. The Morgan fingerprint density at radius 1 is 0.889 bits per heavy atom. The first-order valence-electron chi connectivity index (χ1n) is 11.7. The zero-order chi connectivity index (χ0) is 25.5. The predicted molar refractivity (Wildman–Crippen MR) is 146 cm³/mol. The molecule has 6 nitrogen and oxygen atoms in total. The Bertz CT molecular complexity index is 1310. The summed E-state index contributed by atoms with van der Waals surface area (Å²) < 4.78 is 17.2. The van der Waals surface area contributed by atoms with Crippen molar-refractivity contribution in [2.45, 2.75) is 20.8 Å². The molecule has 1 heterocycles. The van der Waals surface area contributed by atoms with Gasteiger partial charge in [-0.1, -0.05) is 35.9 Å². The number of aromatic nitrogens is 1. The number of halogens is 1. The van der Waals surface area contributed by atoms with Crippen LogP contribution >= 0.6 is 22.9 Å². The van der Waals surface area contributed by atoms with E-state index >= 15 is 0 Å². The number of hydrogen-bond acceptors (Lipinski definition) is 6. The maximum Gasteiger partial charge on any atom is 0.255 e. The van der Waals surface area contributed by atoms with Gasteiger partial charge >= 0.3 is 0 Å². The Morgan fingerprint density at radius 3 is 2.19 bits per heavy atom. The standard InChI is InChI=1S/C28H27ClN2O4S/c1-4-33-24-15-20(16-25(34-5-2)26(24)35-6-3)27(32)30-22-9-7-8-19(14-22)23-17-36-28(31-23)18-10-12-21(29)13-11-18/h7-17H,4-6H2,1-3H3,(H,30,32).